The minimum absolute atomic E-state index is 0.0674. The Morgan fingerprint density at radius 2 is 1.41 bits per heavy atom. The topological polar surface area (TPSA) is 116 Å². The Morgan fingerprint density at radius 3 is 1.88 bits per heavy atom. The predicted molar refractivity (Wildman–Crippen MR) is 102 cm³/mol. The summed E-state index contributed by atoms with van der Waals surface area (Å²) in [5.41, 5.74) is 0. The second-order valence-electron chi connectivity index (χ2n) is 7.12. The van der Waals surface area contributed by atoms with E-state index in [1.165, 1.54) is 0 Å². The molecule has 8 nitrogen and oxygen atoms in total. The predicted octanol–water partition coefficient (Wildman–Crippen LogP) is 4.62. The zero-order valence-corrected chi connectivity index (χ0v) is 19.2. The summed E-state index contributed by atoms with van der Waals surface area (Å²) in [5.74, 6) is -14.1. The van der Waals surface area contributed by atoms with E-state index in [9.17, 15) is 48.7 Å². The van der Waals surface area contributed by atoms with E-state index >= 15 is 0 Å². The molecule has 202 valence electrons. The molecule has 0 aliphatic rings. The van der Waals surface area contributed by atoms with Crippen LogP contribution in [-0.2, 0) is 33.9 Å². The summed E-state index contributed by atoms with van der Waals surface area (Å²) >= 11 is 0. The van der Waals surface area contributed by atoms with Crippen molar-refractivity contribution in [3.63, 3.8) is 0 Å². The molecule has 0 spiro atoms. The Hall–Kier alpha value is -1.68. The molecule has 0 aliphatic heterocycles. The van der Waals surface area contributed by atoms with Crippen LogP contribution in [0, 0.1) is 0 Å². The molecule has 0 saturated carbocycles. The second-order valence-corrected chi connectivity index (χ2v) is 8.58. The van der Waals surface area contributed by atoms with E-state index in [0.717, 1.165) is 26.2 Å². The second kappa shape index (κ2) is 12.9. The van der Waals surface area contributed by atoms with Gasteiger partial charge < -0.3 is 14.2 Å². The first-order valence-electron chi connectivity index (χ1n) is 10.2. The summed E-state index contributed by atoms with van der Waals surface area (Å²) in [6.07, 6.45) is -5.11. The van der Waals surface area contributed by atoms with Gasteiger partial charge in [0.1, 0.15) is 0 Å². The van der Waals surface area contributed by atoms with Crippen LogP contribution in [0.15, 0.2) is 0 Å². The van der Waals surface area contributed by atoms with E-state index in [2.05, 4.69) is 14.2 Å². The fraction of sp³-hybridized carbons (Fsp3) is 0.889. The third kappa shape index (κ3) is 8.52. The molecule has 0 aromatic heterocycles. The largest absolute Gasteiger partial charge is 0.468 e. The number of carbonyl (C=O) groups is 2. The van der Waals surface area contributed by atoms with Crippen molar-refractivity contribution in [2.45, 2.75) is 88.4 Å². The fourth-order valence-corrected chi connectivity index (χ4v) is 3.01. The van der Waals surface area contributed by atoms with E-state index in [-0.39, 0.29) is 6.42 Å². The van der Waals surface area contributed by atoms with E-state index < -0.39 is 71.3 Å². The average Bonchev–Trinajstić information content (AvgIpc) is 2.67. The highest BCUT2D eigenvalue weighted by atomic mass is 32.2. The smallest absolute Gasteiger partial charge is 0.461 e. The zero-order valence-electron chi connectivity index (χ0n) is 18.4. The van der Waals surface area contributed by atoms with Gasteiger partial charge in [-0.2, -0.15) is 39.2 Å². The number of carbonyl (C=O) groups excluding carboxylic acids is 2. The van der Waals surface area contributed by atoms with E-state index in [1.807, 2.05) is 6.92 Å². The molecule has 34 heavy (non-hydrogen) atoms. The van der Waals surface area contributed by atoms with Crippen molar-refractivity contribution < 1.29 is 67.5 Å². The minimum atomic E-state index is -6.66. The van der Waals surface area contributed by atoms with Crippen LogP contribution < -0.4 is 0 Å². The zero-order chi connectivity index (χ0) is 26.8. The molecule has 1 N–H and O–H groups in total. The number of ether oxygens (including phenoxy) is 3. The SMILES string of the molecule is CCCCCCCCC(=O)OC(OCCC(F)(F)C(F)(F)S(=O)(=O)O)(C(=O)OCC)C(F)(F)F. The van der Waals surface area contributed by atoms with Gasteiger partial charge in [0.05, 0.1) is 13.2 Å². The lowest BCUT2D eigenvalue weighted by molar-refractivity contribution is -0.358. The van der Waals surface area contributed by atoms with E-state index in [4.69, 9.17) is 4.55 Å². The monoisotopic (exact) mass is 536 g/mol. The molecule has 0 heterocycles. The molecular formula is C18H27F7O8S. The number of hydrogen-bond acceptors (Lipinski definition) is 7. The number of unbranched alkanes of at least 4 members (excludes halogenated alkanes) is 5. The van der Waals surface area contributed by atoms with Crippen molar-refractivity contribution in [3.8, 4) is 0 Å². The summed E-state index contributed by atoms with van der Waals surface area (Å²) in [5, 5.41) is -6.08. The third-order valence-electron chi connectivity index (χ3n) is 4.38. The van der Waals surface area contributed by atoms with Crippen molar-refractivity contribution in [2.75, 3.05) is 13.2 Å². The van der Waals surface area contributed by atoms with E-state index in [0.29, 0.717) is 12.8 Å². The lowest BCUT2D eigenvalue weighted by atomic mass is 10.1. The first-order chi connectivity index (χ1) is 15.4. The van der Waals surface area contributed by atoms with Gasteiger partial charge >= 0.3 is 45.2 Å². The number of esters is 2. The van der Waals surface area contributed by atoms with Gasteiger partial charge in [-0.05, 0) is 13.3 Å². The summed E-state index contributed by atoms with van der Waals surface area (Å²) in [6.45, 7) is 0.286. The summed E-state index contributed by atoms with van der Waals surface area (Å²) in [4.78, 5) is 24.0. The normalized spacial score (nSPS) is 15.0. The lowest BCUT2D eigenvalue weighted by Crippen LogP contribution is -2.59. The van der Waals surface area contributed by atoms with Crippen molar-refractivity contribution >= 4 is 22.1 Å². The molecule has 1 unspecified atom stereocenters. The Bertz CT molecular complexity index is 771. The first kappa shape index (κ1) is 32.3. The van der Waals surface area contributed by atoms with Crippen molar-refractivity contribution in [1.29, 1.82) is 0 Å². The molecule has 0 saturated heterocycles. The van der Waals surface area contributed by atoms with Gasteiger partial charge in [-0.3, -0.25) is 9.35 Å². The number of hydrogen-bond donors (Lipinski definition) is 1. The summed E-state index contributed by atoms with van der Waals surface area (Å²) < 4.78 is 136. The van der Waals surface area contributed by atoms with Crippen LogP contribution in [0.25, 0.3) is 0 Å². The van der Waals surface area contributed by atoms with Crippen molar-refractivity contribution in [3.05, 3.63) is 0 Å². The molecule has 0 aliphatic carbocycles. The molecule has 0 aromatic rings. The highest BCUT2D eigenvalue weighted by Gasteiger charge is 2.69. The molecule has 0 rings (SSSR count). The molecule has 0 radical (unpaired) electrons. The standard InChI is InChI=1S/C18H27F7O8S/c1-3-5-6-7-8-9-10-13(26)33-16(17(21,22)23,14(27)31-4-2)32-12-11-15(19,20)18(24,25)34(28,29)30/h3-12H2,1-2H3,(H,28,29,30). The first-order valence-corrected chi connectivity index (χ1v) is 11.7. The number of alkyl halides is 7. The maximum absolute atomic E-state index is 13.7. The highest BCUT2D eigenvalue weighted by molar-refractivity contribution is 7.87. The Morgan fingerprint density at radius 1 is 0.882 bits per heavy atom. The van der Waals surface area contributed by atoms with Crippen LogP contribution in [-0.4, -0.2) is 61.3 Å². The molecule has 0 aromatic carbocycles. The molecule has 0 fully saturated rings. The maximum Gasteiger partial charge on any atom is 0.468 e. The van der Waals surface area contributed by atoms with Gasteiger partial charge in [0.15, 0.2) is 0 Å². The van der Waals surface area contributed by atoms with Gasteiger partial charge in [-0.15, -0.1) is 0 Å². The number of halogens is 7. The van der Waals surface area contributed by atoms with Crippen molar-refractivity contribution in [1.82, 2.24) is 0 Å². The molecule has 16 heteroatoms. The summed E-state index contributed by atoms with van der Waals surface area (Å²) in [6, 6.07) is 0. The van der Waals surface area contributed by atoms with Gasteiger partial charge in [-0.1, -0.05) is 39.0 Å². The maximum atomic E-state index is 13.7. The Kier molecular flexibility index (Phi) is 12.2. The Balaban J connectivity index is 5.60. The lowest BCUT2D eigenvalue weighted by Gasteiger charge is -2.33. The van der Waals surface area contributed by atoms with Crippen LogP contribution in [0.3, 0.4) is 0 Å². The minimum Gasteiger partial charge on any atom is -0.461 e. The van der Waals surface area contributed by atoms with Gasteiger partial charge in [-0.25, -0.2) is 4.79 Å². The average molecular weight is 536 g/mol. The third-order valence-corrected chi connectivity index (χ3v) is 5.33. The van der Waals surface area contributed by atoms with Gasteiger partial charge in [0, 0.05) is 12.8 Å². The van der Waals surface area contributed by atoms with Crippen LogP contribution >= 0.6 is 0 Å². The molecule has 1 atom stereocenters. The fourth-order valence-electron chi connectivity index (χ4n) is 2.53. The molecule has 0 bridgehead atoms. The highest BCUT2D eigenvalue weighted by Crippen LogP contribution is 2.42. The Labute approximate surface area is 191 Å². The molecular weight excluding hydrogens is 509 g/mol. The van der Waals surface area contributed by atoms with Crippen molar-refractivity contribution in [2.24, 2.45) is 0 Å². The van der Waals surface area contributed by atoms with Gasteiger partial charge in [0.2, 0.25) is 0 Å². The summed E-state index contributed by atoms with van der Waals surface area (Å²) in [7, 11) is -6.66. The van der Waals surface area contributed by atoms with Crippen LogP contribution in [0.5, 0.6) is 0 Å². The van der Waals surface area contributed by atoms with Crippen LogP contribution in [0.1, 0.15) is 65.2 Å². The van der Waals surface area contributed by atoms with Crippen LogP contribution in [0.4, 0.5) is 30.7 Å². The number of rotatable bonds is 16. The van der Waals surface area contributed by atoms with E-state index in [1.54, 1.807) is 0 Å². The quantitative estimate of drug-likeness (QED) is 0.0999. The van der Waals surface area contributed by atoms with Gasteiger partial charge in [0.25, 0.3) is 0 Å². The molecule has 0 amide bonds. The van der Waals surface area contributed by atoms with Crippen LogP contribution in [0.2, 0.25) is 0 Å².